The van der Waals surface area contributed by atoms with Crippen molar-refractivity contribution in [1.29, 1.82) is 0 Å². The fourth-order valence-corrected chi connectivity index (χ4v) is 19.6. The summed E-state index contributed by atoms with van der Waals surface area (Å²) in [6.07, 6.45) is 0.332. The number of hydrogen-bond donors (Lipinski definition) is 6. The quantitative estimate of drug-likeness (QED) is 0.0153. The number of quaternary nitrogens is 1. The van der Waals surface area contributed by atoms with Crippen LogP contribution in [0.25, 0.3) is 0 Å². The molecule has 37 heteroatoms. The molecule has 8 aromatic carbocycles. The number of rotatable bonds is 44. The van der Waals surface area contributed by atoms with E-state index < -0.39 is 108 Å². The first-order chi connectivity index (χ1) is 67.9. The number of carbonyl (C=O) groups is 5. The number of pyridine rings is 1. The van der Waals surface area contributed by atoms with Crippen LogP contribution in [0.15, 0.2) is 197 Å². The maximum absolute atomic E-state index is 14.4. The number of ether oxygens (including phenoxy) is 9. The molecule has 2 aromatic heterocycles. The van der Waals surface area contributed by atoms with Crippen LogP contribution in [0.5, 0.6) is 40.2 Å². The Morgan fingerprint density at radius 3 is 1.62 bits per heavy atom. The monoisotopic (exact) mass is 2000 g/mol. The number of aromatic nitrogens is 4. The predicted octanol–water partition coefficient (Wildman–Crippen LogP) is 11.9. The van der Waals surface area contributed by atoms with Crippen LogP contribution < -0.4 is 42.7 Å². The standard InChI is InChI=1S/C106H123N11O24S2/c1-66-22-29-82(30-23-66)142(127,128)33-32-87(119)76-37-77(46-107-45-76)99(124)111-59-104(4,5)62-135-65-106(8,9)64-133-57-78-51-114(113-112-78)60-105(6,7)63-134-61-103(2,3)58-110-98(123)73-26-31-88(138-102-97(122)96(121)95(120)94(54-118)139-102)93(40-73)141-143(129,130)140-81-27-24-67(25-28-81)52-117(10,11)53-68-34-69(55-136-91-43-85-83(41-89(91)131-12)100(125)115-49-74-20-16-14-18-71(74)38-79(115)47-108-85)36-70(35-68)56-137-92-44-86-84(42-90(92)132-13)101(126)116-50-75-21-17-15-19-72(75)39-80(116)48-109-86/h14-31,34-37,40-48,51,79-80,94-97,102,118,120-122H,32-33,38-39,49-50,52-65H2,1-13H3,(H-,110,111,123,124)/p+1/t79-,80?,94+,95-,96-,97+,102+/m0/s1. The number of sulfone groups is 1. The third-order valence-corrected chi connectivity index (χ3v) is 27.8. The van der Waals surface area contributed by atoms with Gasteiger partial charge in [-0.1, -0.05) is 127 Å². The molecule has 5 aliphatic rings. The first-order valence-electron chi connectivity index (χ1n) is 47.2. The van der Waals surface area contributed by atoms with E-state index in [1.807, 2.05) is 153 Å². The first-order valence-corrected chi connectivity index (χ1v) is 50.2. The molecule has 0 aliphatic carbocycles. The molecule has 143 heavy (non-hydrogen) atoms. The van der Waals surface area contributed by atoms with Crippen molar-refractivity contribution in [3.63, 3.8) is 0 Å². The lowest BCUT2D eigenvalue weighted by atomic mass is 9.93. The molecule has 1 fully saturated rings. The van der Waals surface area contributed by atoms with Crippen molar-refractivity contribution in [2.45, 2.75) is 182 Å². The van der Waals surface area contributed by atoms with Gasteiger partial charge in [0.25, 0.3) is 23.6 Å². The van der Waals surface area contributed by atoms with Crippen LogP contribution >= 0.6 is 0 Å². The summed E-state index contributed by atoms with van der Waals surface area (Å²) in [7, 11) is -1.71. The minimum atomic E-state index is -5.12. The summed E-state index contributed by atoms with van der Waals surface area (Å²) in [6, 6.07) is 46.3. The van der Waals surface area contributed by atoms with E-state index in [0.29, 0.717) is 121 Å². The zero-order chi connectivity index (χ0) is 102. The van der Waals surface area contributed by atoms with E-state index in [-0.39, 0.29) is 110 Å². The average Bonchev–Trinajstić information content (AvgIpc) is 1.72. The van der Waals surface area contributed by atoms with Gasteiger partial charge in [-0.05, 0) is 144 Å². The zero-order valence-electron chi connectivity index (χ0n) is 82.5. The van der Waals surface area contributed by atoms with E-state index in [2.05, 4.69) is 38.1 Å². The number of aryl methyl sites for hydroxylation is 1. The smallest absolute Gasteiger partial charge is 0.493 e. The summed E-state index contributed by atoms with van der Waals surface area (Å²) in [5.41, 5.74) is 9.02. The van der Waals surface area contributed by atoms with Crippen LogP contribution in [0.4, 0.5) is 11.4 Å². The molecular formula is C106H124N11O24S2+. The summed E-state index contributed by atoms with van der Waals surface area (Å²) >= 11 is 0. The number of benzene rings is 8. The zero-order valence-corrected chi connectivity index (χ0v) is 84.1. The van der Waals surface area contributed by atoms with Gasteiger partial charge in [-0.2, -0.15) is 0 Å². The normalized spacial score (nSPS) is 18.0. The van der Waals surface area contributed by atoms with Crippen molar-refractivity contribution in [2.75, 3.05) is 86.8 Å². The van der Waals surface area contributed by atoms with Gasteiger partial charge < -0.3 is 96.3 Å². The highest BCUT2D eigenvalue weighted by molar-refractivity contribution is 7.91. The van der Waals surface area contributed by atoms with Crippen molar-refractivity contribution in [3.8, 4) is 40.2 Å². The van der Waals surface area contributed by atoms with Gasteiger partial charge in [-0.15, -0.1) is 13.5 Å². The minimum Gasteiger partial charge on any atom is -0.493 e. The van der Waals surface area contributed by atoms with Gasteiger partial charge in [0, 0.05) is 120 Å². The molecule has 35 nitrogen and oxygen atoms in total. The number of aliphatic imine (C=N–C) groups is 2. The lowest BCUT2D eigenvalue weighted by molar-refractivity contribution is -0.916. The molecule has 0 bridgehead atoms. The Morgan fingerprint density at radius 1 is 0.531 bits per heavy atom. The Kier molecular flexibility index (Phi) is 32.2. The van der Waals surface area contributed by atoms with Crippen molar-refractivity contribution in [1.82, 2.24) is 40.4 Å². The van der Waals surface area contributed by atoms with Crippen molar-refractivity contribution < 1.29 is 117 Å². The summed E-state index contributed by atoms with van der Waals surface area (Å²) in [6.45, 7) is 20.9. The van der Waals surface area contributed by atoms with E-state index in [1.165, 1.54) is 80.2 Å². The summed E-state index contributed by atoms with van der Waals surface area (Å²) in [5.74, 6) is -2.04. The van der Waals surface area contributed by atoms with Crippen molar-refractivity contribution >= 4 is 73.5 Å². The molecule has 6 N–H and O–H groups in total. The molecule has 758 valence electrons. The highest BCUT2D eigenvalue weighted by atomic mass is 32.3. The molecule has 4 amide bonds. The largest absolute Gasteiger partial charge is 0.501 e. The number of amides is 4. The van der Waals surface area contributed by atoms with Crippen LogP contribution in [-0.4, -0.2) is 243 Å². The summed E-state index contributed by atoms with van der Waals surface area (Å²) < 4.78 is 123. The Balaban J connectivity index is 0.548. The minimum absolute atomic E-state index is 0.0457. The maximum Gasteiger partial charge on any atom is 0.501 e. The molecule has 0 spiro atoms. The second kappa shape index (κ2) is 44.1. The number of Topliss-reactive ketones (excluding diaryl/α,β-unsaturated/α-hetero) is 1. The summed E-state index contributed by atoms with van der Waals surface area (Å²) in [4.78, 5) is 86.9. The molecule has 15 rings (SSSR count). The molecule has 5 aliphatic heterocycles. The van der Waals surface area contributed by atoms with Gasteiger partial charge in [-0.3, -0.25) is 43.6 Å². The lowest BCUT2D eigenvalue weighted by Crippen LogP contribution is -2.60. The number of ketones is 1. The number of aliphatic hydroxyl groups is 4. The molecular weight excluding hydrogens is 1880 g/mol. The Labute approximate surface area is 832 Å². The SMILES string of the molecule is COc1cc2c(cc1OCc1cc(COc3cc4c(cc3OC)C(=O)N3Cc5ccccc5C[C@H]3C=N4)cc(C[N+](C)(C)Cc3ccc(OS(=O)(=O)Oc4cc(C(=O)NCC(C)(C)COCC(C)(C)Cn5cc(COCC(C)(C)COCC(C)(C)CNC(=O)c6cncc(C(=O)CCS(=O)(=O)c7ccc(C)cc7)c6)nn5)ccc4O[C@@H]4O[C@H](CO)[C@H](O)[C@H](O)[C@H]4O)cc3)c1)N=CC1Cc3ccccc3CN1C2=O. The van der Waals surface area contributed by atoms with E-state index >= 15 is 0 Å². The number of carbonyl (C=O) groups excluding carboxylic acids is 5. The number of methoxy groups -OCH3 is 2. The van der Waals surface area contributed by atoms with E-state index in [4.69, 9.17) is 61.0 Å². The number of aliphatic hydroxyl groups excluding tert-OH is 4. The number of fused-ring (bicyclic) bond motifs is 6. The van der Waals surface area contributed by atoms with E-state index in [9.17, 15) is 61.2 Å². The van der Waals surface area contributed by atoms with Gasteiger partial charge in [-0.25, -0.2) is 8.42 Å². The molecule has 7 heterocycles. The molecule has 0 radical (unpaired) electrons. The topological polar surface area (TPSA) is 435 Å². The molecule has 1 unspecified atom stereocenters. The third kappa shape index (κ3) is 26.8. The van der Waals surface area contributed by atoms with Crippen LogP contribution in [0.2, 0.25) is 0 Å². The fourth-order valence-electron chi connectivity index (χ4n) is 17.7. The average molecular weight is 2000 g/mol. The number of nitrogens with one attached hydrogen (secondary N) is 2. The third-order valence-electron chi connectivity index (χ3n) is 25.3. The van der Waals surface area contributed by atoms with Crippen LogP contribution in [0.1, 0.15) is 169 Å². The Bertz CT molecular complexity index is 6460. The summed E-state index contributed by atoms with van der Waals surface area (Å²) in [5, 5.41) is 56.9. The second-order valence-corrected chi connectivity index (χ2v) is 44.2. The second-order valence-electron chi connectivity index (χ2n) is 40.9. The van der Waals surface area contributed by atoms with Crippen molar-refractivity contribution in [2.24, 2.45) is 31.6 Å². The first kappa shape index (κ1) is 104. The Hall–Kier alpha value is -12.9. The van der Waals surface area contributed by atoms with Gasteiger partial charge >= 0.3 is 10.4 Å². The molecule has 10 aromatic rings. The van der Waals surface area contributed by atoms with Crippen LogP contribution in [-0.2, 0) is 105 Å². The molecule has 7 atom stereocenters. The molecule has 1 saturated heterocycles. The van der Waals surface area contributed by atoms with Gasteiger partial charge in [0.05, 0.1) is 132 Å². The highest BCUT2D eigenvalue weighted by Crippen LogP contribution is 2.43. The van der Waals surface area contributed by atoms with Gasteiger partial charge in [0.1, 0.15) is 62.2 Å². The number of nitrogens with zero attached hydrogens (tertiary/aromatic N) is 9. The highest BCUT2D eigenvalue weighted by Gasteiger charge is 2.46. The predicted molar refractivity (Wildman–Crippen MR) is 530 cm³/mol. The number of hydrogen-bond acceptors (Lipinski definition) is 29. The molecule has 0 saturated carbocycles. The Morgan fingerprint density at radius 2 is 1.06 bits per heavy atom. The maximum atomic E-state index is 14.4. The van der Waals surface area contributed by atoms with Gasteiger partial charge in [0.15, 0.2) is 50.1 Å². The fraction of sp³-hybridized carbons (Fsp3) is 0.415. The van der Waals surface area contributed by atoms with Crippen molar-refractivity contribution in [3.05, 3.63) is 266 Å². The van der Waals surface area contributed by atoms with E-state index in [0.717, 1.165) is 45.0 Å². The lowest BCUT2D eigenvalue weighted by Gasteiger charge is -2.39. The van der Waals surface area contributed by atoms with Crippen LogP contribution in [0, 0.1) is 28.6 Å². The van der Waals surface area contributed by atoms with E-state index in [1.54, 1.807) is 59.4 Å². The van der Waals surface area contributed by atoms with Crippen LogP contribution in [0.3, 0.4) is 0 Å². The van der Waals surface area contributed by atoms with Gasteiger partial charge in [0.2, 0.25) is 6.29 Å².